The number of hydrogen-bond acceptors (Lipinski definition) is 3. The van der Waals surface area contributed by atoms with Gasteiger partial charge in [0.1, 0.15) is 5.69 Å². The predicted molar refractivity (Wildman–Crippen MR) is 47.6 cm³/mol. The van der Waals surface area contributed by atoms with E-state index in [1.54, 1.807) is 10.3 Å². The average molecular weight is 203 g/mol. The maximum absolute atomic E-state index is 11.5. The van der Waals surface area contributed by atoms with Gasteiger partial charge in [-0.2, -0.15) is 0 Å². The number of carbonyl (C=O) groups is 1. The predicted octanol–water partition coefficient (Wildman–Crippen LogP) is 1.64. The van der Waals surface area contributed by atoms with Gasteiger partial charge in [0.2, 0.25) is 0 Å². The summed E-state index contributed by atoms with van der Waals surface area (Å²) >= 11 is 6.90. The molecule has 3 nitrogen and oxygen atoms in total. The highest BCUT2D eigenvalue weighted by molar-refractivity contribution is 7.14. The van der Waals surface area contributed by atoms with Crippen LogP contribution in [0.2, 0.25) is 4.47 Å². The minimum absolute atomic E-state index is 0.00407. The molecule has 12 heavy (non-hydrogen) atoms. The van der Waals surface area contributed by atoms with E-state index in [-0.39, 0.29) is 5.91 Å². The van der Waals surface area contributed by atoms with Gasteiger partial charge < -0.3 is 4.90 Å². The van der Waals surface area contributed by atoms with Gasteiger partial charge in [-0.15, -0.1) is 11.3 Å². The summed E-state index contributed by atoms with van der Waals surface area (Å²) in [6.07, 6.45) is 1.10. The lowest BCUT2D eigenvalue weighted by Gasteiger charge is -2.29. The topological polar surface area (TPSA) is 33.2 Å². The molecule has 0 unspecified atom stereocenters. The van der Waals surface area contributed by atoms with E-state index in [2.05, 4.69) is 4.98 Å². The lowest BCUT2D eigenvalue weighted by molar-refractivity contribution is 0.0646. The van der Waals surface area contributed by atoms with E-state index in [1.807, 2.05) is 0 Å². The van der Waals surface area contributed by atoms with Crippen molar-refractivity contribution in [3.05, 3.63) is 15.5 Å². The van der Waals surface area contributed by atoms with Gasteiger partial charge in [-0.05, 0) is 6.42 Å². The SMILES string of the molecule is O=C(c1csc(Cl)n1)N1CCC1. The lowest BCUT2D eigenvalue weighted by atomic mass is 10.2. The molecule has 5 heteroatoms. The third-order valence-corrected chi connectivity index (χ3v) is 2.82. The first kappa shape index (κ1) is 8.01. The van der Waals surface area contributed by atoms with Crippen molar-refractivity contribution in [2.75, 3.05) is 13.1 Å². The first-order valence-corrected chi connectivity index (χ1v) is 4.93. The molecule has 0 spiro atoms. The van der Waals surface area contributed by atoms with Crippen LogP contribution >= 0.6 is 22.9 Å². The molecule has 64 valence electrons. The van der Waals surface area contributed by atoms with Gasteiger partial charge in [0, 0.05) is 18.5 Å². The van der Waals surface area contributed by atoms with Gasteiger partial charge in [-0.1, -0.05) is 11.6 Å². The Morgan fingerprint density at radius 1 is 1.67 bits per heavy atom. The van der Waals surface area contributed by atoms with Gasteiger partial charge in [0.15, 0.2) is 4.47 Å². The van der Waals surface area contributed by atoms with Gasteiger partial charge in [-0.3, -0.25) is 4.79 Å². The Balaban J connectivity index is 2.13. The molecule has 1 fully saturated rings. The molecule has 0 bridgehead atoms. The molecule has 1 saturated heterocycles. The highest BCUT2D eigenvalue weighted by atomic mass is 35.5. The number of rotatable bonds is 1. The Bertz CT molecular complexity index is 308. The molecule has 0 N–H and O–H groups in total. The van der Waals surface area contributed by atoms with Crippen LogP contribution < -0.4 is 0 Å². The van der Waals surface area contributed by atoms with Crippen molar-refractivity contribution >= 4 is 28.8 Å². The Kier molecular flexibility index (Phi) is 2.02. The number of aromatic nitrogens is 1. The molecule has 1 aromatic heterocycles. The van der Waals surface area contributed by atoms with Crippen molar-refractivity contribution in [3.8, 4) is 0 Å². The van der Waals surface area contributed by atoms with Crippen LogP contribution in [0.4, 0.5) is 0 Å². The minimum Gasteiger partial charge on any atom is -0.337 e. The van der Waals surface area contributed by atoms with E-state index in [9.17, 15) is 4.79 Å². The molecular weight excluding hydrogens is 196 g/mol. The summed E-state index contributed by atoms with van der Waals surface area (Å²) in [7, 11) is 0. The van der Waals surface area contributed by atoms with E-state index in [0.29, 0.717) is 10.2 Å². The van der Waals surface area contributed by atoms with E-state index in [1.165, 1.54) is 11.3 Å². The van der Waals surface area contributed by atoms with Crippen molar-refractivity contribution in [1.82, 2.24) is 9.88 Å². The molecule has 1 aliphatic heterocycles. The number of hydrogen-bond donors (Lipinski definition) is 0. The number of thiazole rings is 1. The molecule has 2 heterocycles. The Labute approximate surface area is 79.0 Å². The fourth-order valence-electron chi connectivity index (χ4n) is 1.03. The zero-order chi connectivity index (χ0) is 8.55. The third kappa shape index (κ3) is 1.32. The summed E-state index contributed by atoms with van der Waals surface area (Å²) in [4.78, 5) is 17.1. The Morgan fingerprint density at radius 3 is 2.83 bits per heavy atom. The zero-order valence-corrected chi connectivity index (χ0v) is 7.86. The molecular formula is C7H7ClN2OS. The van der Waals surface area contributed by atoms with Crippen LogP contribution in [0.1, 0.15) is 16.9 Å². The molecule has 0 atom stereocenters. The van der Waals surface area contributed by atoms with Gasteiger partial charge >= 0.3 is 0 Å². The normalized spacial score (nSPS) is 15.9. The maximum atomic E-state index is 11.5. The molecule has 0 aliphatic carbocycles. The number of amides is 1. The second-order valence-corrected chi connectivity index (χ2v) is 4.07. The molecule has 0 radical (unpaired) electrons. The van der Waals surface area contributed by atoms with Crippen LogP contribution in [0, 0.1) is 0 Å². The Hall–Kier alpha value is -0.610. The summed E-state index contributed by atoms with van der Waals surface area (Å²) in [5, 5.41) is 1.70. The van der Waals surface area contributed by atoms with Crippen LogP contribution in [0.25, 0.3) is 0 Å². The van der Waals surface area contributed by atoms with Crippen molar-refractivity contribution < 1.29 is 4.79 Å². The quantitative estimate of drug-likeness (QED) is 0.694. The number of nitrogens with zero attached hydrogens (tertiary/aromatic N) is 2. The molecule has 2 rings (SSSR count). The van der Waals surface area contributed by atoms with Crippen molar-refractivity contribution in [2.24, 2.45) is 0 Å². The Morgan fingerprint density at radius 2 is 2.42 bits per heavy atom. The van der Waals surface area contributed by atoms with E-state index >= 15 is 0 Å². The maximum Gasteiger partial charge on any atom is 0.273 e. The van der Waals surface area contributed by atoms with Crippen molar-refractivity contribution in [2.45, 2.75) is 6.42 Å². The van der Waals surface area contributed by atoms with Crippen LogP contribution in [-0.2, 0) is 0 Å². The number of likely N-dealkylation sites (tertiary alicyclic amines) is 1. The first-order chi connectivity index (χ1) is 5.77. The van der Waals surface area contributed by atoms with E-state index < -0.39 is 0 Å². The summed E-state index contributed by atoms with van der Waals surface area (Å²) in [5.41, 5.74) is 0.477. The van der Waals surface area contributed by atoms with Crippen LogP contribution in [0.5, 0.6) is 0 Å². The molecule has 0 aromatic carbocycles. The van der Waals surface area contributed by atoms with E-state index in [4.69, 9.17) is 11.6 Å². The third-order valence-electron chi connectivity index (χ3n) is 1.84. The molecule has 1 amide bonds. The monoisotopic (exact) mass is 202 g/mol. The van der Waals surface area contributed by atoms with Gasteiger partial charge in [-0.25, -0.2) is 4.98 Å². The highest BCUT2D eigenvalue weighted by Crippen LogP contribution is 2.18. The second kappa shape index (κ2) is 3.03. The fourth-order valence-corrected chi connectivity index (χ4v) is 1.77. The number of halogens is 1. The highest BCUT2D eigenvalue weighted by Gasteiger charge is 2.23. The van der Waals surface area contributed by atoms with Crippen LogP contribution in [0.15, 0.2) is 5.38 Å². The molecule has 0 saturated carbocycles. The van der Waals surface area contributed by atoms with Crippen LogP contribution in [0.3, 0.4) is 0 Å². The standard InChI is InChI=1S/C7H7ClN2OS/c8-7-9-5(4-12-7)6(11)10-2-1-3-10/h4H,1-3H2. The first-order valence-electron chi connectivity index (χ1n) is 3.67. The van der Waals surface area contributed by atoms with Crippen molar-refractivity contribution in [3.63, 3.8) is 0 Å². The van der Waals surface area contributed by atoms with Gasteiger partial charge in [0.25, 0.3) is 5.91 Å². The lowest BCUT2D eigenvalue weighted by Crippen LogP contribution is -2.42. The summed E-state index contributed by atoms with van der Waals surface area (Å²) in [6, 6.07) is 0. The fraction of sp³-hybridized carbons (Fsp3) is 0.429. The van der Waals surface area contributed by atoms with E-state index in [0.717, 1.165) is 19.5 Å². The largest absolute Gasteiger partial charge is 0.337 e. The summed E-state index contributed by atoms with van der Waals surface area (Å²) in [5.74, 6) is 0.00407. The van der Waals surface area contributed by atoms with Crippen LogP contribution in [-0.4, -0.2) is 28.9 Å². The average Bonchev–Trinajstić information content (AvgIpc) is 2.31. The van der Waals surface area contributed by atoms with Crippen molar-refractivity contribution in [1.29, 1.82) is 0 Å². The smallest absolute Gasteiger partial charge is 0.273 e. The van der Waals surface area contributed by atoms with Gasteiger partial charge in [0.05, 0.1) is 0 Å². The molecule has 1 aromatic rings. The number of carbonyl (C=O) groups excluding carboxylic acids is 1. The summed E-state index contributed by atoms with van der Waals surface area (Å²) in [6.45, 7) is 1.71. The zero-order valence-electron chi connectivity index (χ0n) is 6.29. The minimum atomic E-state index is 0.00407. The molecule has 1 aliphatic rings. The summed E-state index contributed by atoms with van der Waals surface area (Å²) < 4.78 is 0.430. The second-order valence-electron chi connectivity index (χ2n) is 2.63.